The molecular weight excluding hydrogens is 416 g/mol. The molecule has 0 heterocycles. The molecular formula is C28H32O5. The minimum Gasteiger partial charge on any atom is -0.507 e. The Morgan fingerprint density at radius 2 is 1.42 bits per heavy atom. The molecule has 2 N–H and O–H groups in total. The van der Waals surface area contributed by atoms with Crippen LogP contribution in [0.2, 0.25) is 0 Å². The summed E-state index contributed by atoms with van der Waals surface area (Å²) in [6, 6.07) is 20.5. The Hall–Kier alpha value is -3.47. The second-order valence-electron chi connectivity index (χ2n) is 9.63. The fourth-order valence-corrected chi connectivity index (χ4v) is 3.72. The Morgan fingerprint density at radius 1 is 0.818 bits per heavy atom. The Labute approximate surface area is 195 Å². The van der Waals surface area contributed by atoms with E-state index in [1.165, 1.54) is 6.07 Å². The van der Waals surface area contributed by atoms with Crippen LogP contribution in [0, 0.1) is 0 Å². The summed E-state index contributed by atoms with van der Waals surface area (Å²) in [6.45, 7) is 11.3. The van der Waals surface area contributed by atoms with Crippen molar-refractivity contribution in [2.75, 3.05) is 13.2 Å². The molecule has 0 saturated carbocycles. The molecule has 0 aromatic heterocycles. The number of phenols is 1. The Kier molecular flexibility index (Phi) is 7.01. The highest BCUT2D eigenvalue weighted by Gasteiger charge is 2.28. The van der Waals surface area contributed by atoms with Crippen LogP contribution < -0.4 is 9.47 Å². The summed E-state index contributed by atoms with van der Waals surface area (Å²) in [5.41, 5.74) is 2.15. The van der Waals surface area contributed by atoms with Gasteiger partial charge in [-0.3, -0.25) is 0 Å². The van der Waals surface area contributed by atoms with Crippen LogP contribution in [0.3, 0.4) is 0 Å². The molecule has 0 unspecified atom stereocenters. The molecule has 33 heavy (non-hydrogen) atoms. The summed E-state index contributed by atoms with van der Waals surface area (Å²) in [4.78, 5) is 11.5. The van der Waals surface area contributed by atoms with Gasteiger partial charge in [0, 0.05) is 5.41 Å². The smallest absolute Gasteiger partial charge is 0.339 e. The van der Waals surface area contributed by atoms with Crippen molar-refractivity contribution in [3.05, 3.63) is 89.0 Å². The van der Waals surface area contributed by atoms with Crippen molar-refractivity contribution in [1.29, 1.82) is 0 Å². The van der Waals surface area contributed by atoms with E-state index in [4.69, 9.17) is 9.47 Å². The lowest BCUT2D eigenvalue weighted by atomic mass is 9.75. The maximum absolute atomic E-state index is 11.5. The number of rotatable bonds is 8. The molecule has 0 aliphatic carbocycles. The lowest BCUT2D eigenvalue weighted by Gasteiger charge is -2.30. The number of carbonyl (C=O) groups is 1. The molecule has 5 heteroatoms. The van der Waals surface area contributed by atoms with Gasteiger partial charge in [-0.05, 0) is 52.4 Å². The van der Waals surface area contributed by atoms with Crippen molar-refractivity contribution in [1.82, 2.24) is 0 Å². The topological polar surface area (TPSA) is 76.0 Å². The van der Waals surface area contributed by atoms with Crippen molar-refractivity contribution in [2.45, 2.75) is 45.4 Å². The average Bonchev–Trinajstić information content (AvgIpc) is 2.76. The van der Waals surface area contributed by atoms with Gasteiger partial charge in [0.1, 0.15) is 36.0 Å². The maximum Gasteiger partial charge on any atom is 0.339 e. The SMILES string of the molecule is CC(C)(C)c1cc(C(C)(C)c2ccc(O)c(C(=O)O)c2)ccc1OCCOc1ccccc1. The monoisotopic (exact) mass is 448 g/mol. The quantitative estimate of drug-likeness (QED) is 0.403. The van der Waals surface area contributed by atoms with Gasteiger partial charge in [0.05, 0.1) is 0 Å². The first kappa shape index (κ1) is 24.2. The molecule has 0 fully saturated rings. The summed E-state index contributed by atoms with van der Waals surface area (Å²) in [6.07, 6.45) is 0. The Bertz CT molecular complexity index is 1110. The van der Waals surface area contributed by atoms with Crippen LogP contribution >= 0.6 is 0 Å². The number of hydrogen-bond acceptors (Lipinski definition) is 4. The first-order valence-electron chi connectivity index (χ1n) is 11.0. The van der Waals surface area contributed by atoms with Crippen molar-refractivity contribution in [3.63, 3.8) is 0 Å². The number of para-hydroxylation sites is 1. The molecule has 0 bridgehead atoms. The standard InChI is InChI=1S/C28H32O5/c1-27(2,3)23-18-20(28(4,5)19-11-13-24(29)22(17-19)26(30)31)12-14-25(23)33-16-15-32-21-9-7-6-8-10-21/h6-14,17-18,29H,15-16H2,1-5H3,(H,30,31). The van der Waals surface area contributed by atoms with Crippen molar-refractivity contribution < 1.29 is 24.5 Å². The van der Waals surface area contributed by atoms with Gasteiger partial charge in [-0.2, -0.15) is 0 Å². The summed E-state index contributed by atoms with van der Waals surface area (Å²) in [7, 11) is 0. The molecule has 0 atom stereocenters. The second-order valence-corrected chi connectivity index (χ2v) is 9.63. The third kappa shape index (κ3) is 5.67. The van der Waals surface area contributed by atoms with E-state index in [1.54, 1.807) is 12.1 Å². The number of carboxylic acid groups (broad SMARTS) is 1. The molecule has 0 aliphatic heterocycles. The van der Waals surface area contributed by atoms with E-state index in [1.807, 2.05) is 56.3 Å². The van der Waals surface area contributed by atoms with Gasteiger partial charge in [0.2, 0.25) is 0 Å². The molecule has 174 valence electrons. The average molecular weight is 449 g/mol. The minimum atomic E-state index is -1.15. The van der Waals surface area contributed by atoms with E-state index in [-0.39, 0.29) is 16.7 Å². The first-order chi connectivity index (χ1) is 15.5. The van der Waals surface area contributed by atoms with E-state index in [2.05, 4.69) is 26.8 Å². The van der Waals surface area contributed by atoms with E-state index in [9.17, 15) is 15.0 Å². The summed E-state index contributed by atoms with van der Waals surface area (Å²) >= 11 is 0. The Morgan fingerprint density at radius 3 is 2.06 bits per heavy atom. The van der Waals surface area contributed by atoms with E-state index < -0.39 is 11.4 Å². The number of aromatic carboxylic acids is 1. The largest absolute Gasteiger partial charge is 0.507 e. The van der Waals surface area contributed by atoms with Gasteiger partial charge < -0.3 is 19.7 Å². The number of benzene rings is 3. The molecule has 0 amide bonds. The third-order valence-electron chi connectivity index (χ3n) is 5.81. The highest BCUT2D eigenvalue weighted by molar-refractivity contribution is 5.91. The van der Waals surface area contributed by atoms with Crippen LogP contribution in [0.4, 0.5) is 0 Å². The predicted molar refractivity (Wildman–Crippen MR) is 130 cm³/mol. The number of aromatic hydroxyl groups is 1. The van der Waals surface area contributed by atoms with Crippen molar-refractivity contribution in [3.8, 4) is 17.2 Å². The highest BCUT2D eigenvalue weighted by atomic mass is 16.5. The van der Waals surface area contributed by atoms with Crippen LogP contribution in [-0.4, -0.2) is 29.4 Å². The third-order valence-corrected chi connectivity index (χ3v) is 5.81. The van der Waals surface area contributed by atoms with Gasteiger partial charge in [0.25, 0.3) is 0 Å². The minimum absolute atomic E-state index is 0.102. The van der Waals surface area contributed by atoms with Crippen molar-refractivity contribution in [2.24, 2.45) is 0 Å². The fourth-order valence-electron chi connectivity index (χ4n) is 3.72. The molecule has 0 radical (unpaired) electrons. The van der Waals surface area contributed by atoms with Crippen LogP contribution in [0.25, 0.3) is 0 Å². The van der Waals surface area contributed by atoms with Crippen LogP contribution in [0.15, 0.2) is 66.7 Å². The molecule has 5 nitrogen and oxygen atoms in total. The fraction of sp³-hybridized carbons (Fsp3) is 0.321. The molecule has 3 aromatic carbocycles. The summed E-state index contributed by atoms with van der Waals surface area (Å²) in [5.74, 6) is 0.223. The van der Waals surface area contributed by atoms with E-state index in [0.717, 1.165) is 28.2 Å². The zero-order chi connectivity index (χ0) is 24.2. The Balaban J connectivity index is 1.85. The number of ether oxygens (including phenoxy) is 2. The van der Waals surface area contributed by atoms with Gasteiger partial charge in [-0.15, -0.1) is 0 Å². The lowest BCUT2D eigenvalue weighted by Crippen LogP contribution is -2.22. The van der Waals surface area contributed by atoms with Gasteiger partial charge >= 0.3 is 5.97 Å². The molecule has 0 saturated heterocycles. The molecule has 0 aliphatic rings. The molecule has 0 spiro atoms. The van der Waals surface area contributed by atoms with Gasteiger partial charge in [0.15, 0.2) is 0 Å². The second kappa shape index (κ2) is 9.57. The first-order valence-corrected chi connectivity index (χ1v) is 11.0. The van der Waals surface area contributed by atoms with E-state index >= 15 is 0 Å². The van der Waals surface area contributed by atoms with E-state index in [0.29, 0.717) is 13.2 Å². The zero-order valence-electron chi connectivity index (χ0n) is 19.9. The predicted octanol–water partition coefficient (Wildman–Crippen LogP) is 6.17. The zero-order valence-corrected chi connectivity index (χ0v) is 19.9. The number of hydrogen-bond donors (Lipinski definition) is 2. The molecule has 3 rings (SSSR count). The van der Waals surface area contributed by atoms with Crippen molar-refractivity contribution >= 4 is 5.97 Å². The summed E-state index contributed by atoms with van der Waals surface area (Å²) < 4.78 is 11.8. The maximum atomic E-state index is 11.5. The highest BCUT2D eigenvalue weighted by Crippen LogP contribution is 2.39. The van der Waals surface area contributed by atoms with Crippen LogP contribution in [0.5, 0.6) is 17.2 Å². The lowest BCUT2D eigenvalue weighted by molar-refractivity contribution is 0.0693. The van der Waals surface area contributed by atoms with Gasteiger partial charge in [-0.1, -0.05) is 71.0 Å². The summed E-state index contributed by atoms with van der Waals surface area (Å²) in [5, 5.41) is 19.3. The molecule has 3 aromatic rings. The number of carboxylic acids is 1. The van der Waals surface area contributed by atoms with Crippen LogP contribution in [-0.2, 0) is 10.8 Å². The van der Waals surface area contributed by atoms with Crippen LogP contribution in [0.1, 0.15) is 61.7 Å². The van der Waals surface area contributed by atoms with Gasteiger partial charge in [-0.25, -0.2) is 4.79 Å². The normalized spacial score (nSPS) is 11.8.